The Morgan fingerprint density at radius 1 is 1.03 bits per heavy atom. The van der Waals surface area contributed by atoms with Crippen molar-refractivity contribution in [2.24, 2.45) is 4.99 Å². The van der Waals surface area contributed by atoms with E-state index < -0.39 is 17.7 Å². The molecule has 0 bridgehead atoms. The number of H-pyrrole nitrogens is 1. The van der Waals surface area contributed by atoms with Crippen molar-refractivity contribution >= 4 is 40.5 Å². The summed E-state index contributed by atoms with van der Waals surface area (Å²) in [6.45, 7) is 4.91. The molecule has 1 aliphatic rings. The molecule has 3 atom stereocenters. The van der Waals surface area contributed by atoms with Gasteiger partial charge in [-0.25, -0.2) is 0 Å². The lowest BCUT2D eigenvalue weighted by Crippen LogP contribution is -2.59. The minimum atomic E-state index is -0.875. The normalized spacial score (nSPS) is 16.2. The first-order chi connectivity index (χ1) is 17.7. The van der Waals surface area contributed by atoms with E-state index in [1.54, 1.807) is 20.9 Å². The van der Waals surface area contributed by atoms with Crippen molar-refractivity contribution < 1.29 is 14.4 Å². The second kappa shape index (κ2) is 11.0. The number of nitrogens with zero attached hydrogens (tertiary/aromatic N) is 1. The summed E-state index contributed by atoms with van der Waals surface area (Å²) in [5, 5.41) is 12.7. The Morgan fingerprint density at radius 3 is 2.51 bits per heavy atom. The van der Waals surface area contributed by atoms with Gasteiger partial charge in [-0.2, -0.15) is 0 Å². The fourth-order valence-electron chi connectivity index (χ4n) is 4.46. The SMILES string of the molecule is CNC(C)(C)C(=O)N[C@H](Cc1c[nH]c2ccccc12)C(=O)N[C@H](CC1C=Nc2ccccc21)NC(C)=O. The first-order valence-corrected chi connectivity index (χ1v) is 12.4. The van der Waals surface area contributed by atoms with Gasteiger partial charge in [0.2, 0.25) is 17.7 Å². The van der Waals surface area contributed by atoms with E-state index in [0.29, 0.717) is 6.42 Å². The molecule has 3 aromatic rings. The Morgan fingerprint density at radius 2 is 1.76 bits per heavy atom. The number of aromatic nitrogens is 1. The van der Waals surface area contributed by atoms with Crippen molar-refractivity contribution in [3.63, 3.8) is 0 Å². The molecule has 0 radical (unpaired) electrons. The average molecular weight is 503 g/mol. The van der Waals surface area contributed by atoms with Crippen LogP contribution in [0.5, 0.6) is 0 Å². The molecule has 0 spiro atoms. The van der Waals surface area contributed by atoms with Crippen molar-refractivity contribution in [2.75, 3.05) is 7.05 Å². The Kier molecular flexibility index (Phi) is 7.73. The Labute approximate surface area is 216 Å². The van der Waals surface area contributed by atoms with E-state index in [4.69, 9.17) is 0 Å². The number of carbonyl (C=O) groups excluding carboxylic acids is 3. The highest BCUT2D eigenvalue weighted by molar-refractivity contribution is 5.93. The molecule has 1 aliphatic heterocycles. The standard InChI is InChI=1S/C28H34N6O3/c1-17(35)32-25(14-19-16-31-23-12-8-6-10-21(19)23)34-26(36)24(33-27(37)28(2,3)29-4)13-18-15-30-22-11-7-5-9-20(18)22/h5-12,15-16,19,24-25,29-30H,13-14H2,1-4H3,(H,32,35)(H,33,37)(H,34,36)/t19?,24-,25-/m1/s1. The number of benzene rings is 2. The van der Waals surface area contributed by atoms with E-state index in [1.807, 2.05) is 60.9 Å². The molecule has 3 amide bonds. The highest BCUT2D eigenvalue weighted by Gasteiger charge is 2.32. The van der Waals surface area contributed by atoms with E-state index in [-0.39, 0.29) is 30.1 Å². The molecule has 4 rings (SSSR count). The largest absolute Gasteiger partial charge is 0.361 e. The summed E-state index contributed by atoms with van der Waals surface area (Å²) < 4.78 is 0. The molecule has 9 nitrogen and oxygen atoms in total. The predicted molar refractivity (Wildman–Crippen MR) is 145 cm³/mol. The minimum absolute atomic E-state index is 0.0572. The summed E-state index contributed by atoms with van der Waals surface area (Å²) in [4.78, 5) is 46.3. The van der Waals surface area contributed by atoms with Gasteiger partial charge in [0, 0.05) is 42.6 Å². The van der Waals surface area contributed by atoms with E-state index in [0.717, 1.165) is 27.7 Å². The number of fused-ring (bicyclic) bond motifs is 2. The van der Waals surface area contributed by atoms with Crippen LogP contribution < -0.4 is 21.3 Å². The first-order valence-electron chi connectivity index (χ1n) is 12.4. The van der Waals surface area contributed by atoms with Crippen LogP contribution in [-0.4, -0.2) is 53.7 Å². The van der Waals surface area contributed by atoms with Gasteiger partial charge in [0.25, 0.3) is 0 Å². The number of aromatic amines is 1. The Bertz CT molecular complexity index is 1330. The highest BCUT2D eigenvalue weighted by atomic mass is 16.2. The molecule has 5 N–H and O–H groups in total. The molecular weight excluding hydrogens is 468 g/mol. The lowest BCUT2D eigenvalue weighted by molar-refractivity contribution is -0.132. The third-order valence-corrected chi connectivity index (χ3v) is 6.83. The molecule has 194 valence electrons. The van der Waals surface area contributed by atoms with E-state index in [2.05, 4.69) is 31.2 Å². The van der Waals surface area contributed by atoms with E-state index in [1.165, 1.54) is 6.92 Å². The summed E-state index contributed by atoms with van der Waals surface area (Å²) in [6.07, 6.45) is 3.76. The van der Waals surface area contributed by atoms with Crippen LogP contribution in [0, 0.1) is 0 Å². The second-order valence-electron chi connectivity index (χ2n) is 9.91. The molecule has 1 aromatic heterocycles. The lowest BCUT2D eigenvalue weighted by Gasteiger charge is -2.29. The van der Waals surface area contributed by atoms with Crippen LogP contribution in [0.4, 0.5) is 5.69 Å². The maximum Gasteiger partial charge on any atom is 0.244 e. The number of amides is 3. The van der Waals surface area contributed by atoms with Crippen molar-refractivity contribution in [3.05, 3.63) is 65.9 Å². The number of rotatable bonds is 10. The molecule has 9 heteroatoms. The zero-order valence-corrected chi connectivity index (χ0v) is 21.6. The maximum absolute atomic E-state index is 13.6. The zero-order chi connectivity index (χ0) is 26.6. The predicted octanol–water partition coefficient (Wildman–Crippen LogP) is 2.66. The first kappa shape index (κ1) is 26.1. The molecule has 0 aliphatic carbocycles. The summed E-state index contributed by atoms with van der Waals surface area (Å²) in [7, 11) is 1.70. The highest BCUT2D eigenvalue weighted by Crippen LogP contribution is 2.34. The lowest BCUT2D eigenvalue weighted by atomic mass is 9.96. The molecular formula is C28H34N6O3. The summed E-state index contributed by atoms with van der Waals surface area (Å²) in [5.74, 6) is -1.00. The topological polar surface area (TPSA) is 127 Å². The number of aliphatic imine (C=N–C) groups is 1. The number of hydrogen-bond donors (Lipinski definition) is 5. The maximum atomic E-state index is 13.6. The van der Waals surface area contributed by atoms with Crippen LogP contribution in [0.3, 0.4) is 0 Å². The van der Waals surface area contributed by atoms with Gasteiger partial charge in [0.05, 0.1) is 11.2 Å². The fourth-order valence-corrected chi connectivity index (χ4v) is 4.46. The van der Waals surface area contributed by atoms with Crippen molar-refractivity contribution in [2.45, 2.75) is 57.3 Å². The van der Waals surface area contributed by atoms with Gasteiger partial charge in [-0.3, -0.25) is 19.4 Å². The van der Waals surface area contributed by atoms with Crippen molar-refractivity contribution in [1.82, 2.24) is 26.3 Å². The Balaban J connectivity index is 1.56. The van der Waals surface area contributed by atoms with Gasteiger partial charge in [0.1, 0.15) is 12.2 Å². The van der Waals surface area contributed by atoms with Gasteiger partial charge in [0.15, 0.2) is 0 Å². The van der Waals surface area contributed by atoms with Crippen LogP contribution in [0.15, 0.2) is 59.7 Å². The fraction of sp³-hybridized carbons (Fsp3) is 0.357. The van der Waals surface area contributed by atoms with Crippen LogP contribution in [0.1, 0.15) is 44.2 Å². The van der Waals surface area contributed by atoms with Gasteiger partial charge in [-0.05, 0) is 50.6 Å². The third-order valence-electron chi connectivity index (χ3n) is 6.83. The van der Waals surface area contributed by atoms with Gasteiger partial charge in [-0.15, -0.1) is 0 Å². The number of para-hydroxylation sites is 2. The third kappa shape index (κ3) is 6.06. The molecule has 0 saturated carbocycles. The number of hydrogen-bond acceptors (Lipinski definition) is 5. The smallest absolute Gasteiger partial charge is 0.244 e. The number of nitrogens with one attached hydrogen (secondary N) is 5. The average Bonchev–Trinajstić information content (AvgIpc) is 3.47. The number of carbonyl (C=O) groups is 3. The van der Waals surface area contributed by atoms with E-state index >= 15 is 0 Å². The van der Waals surface area contributed by atoms with Crippen LogP contribution in [-0.2, 0) is 20.8 Å². The molecule has 37 heavy (non-hydrogen) atoms. The summed E-state index contributed by atoms with van der Waals surface area (Å²) in [5.41, 5.74) is 2.92. The van der Waals surface area contributed by atoms with Gasteiger partial charge in [-0.1, -0.05) is 36.4 Å². The van der Waals surface area contributed by atoms with Gasteiger partial charge >= 0.3 is 0 Å². The van der Waals surface area contributed by atoms with Crippen LogP contribution in [0.2, 0.25) is 0 Å². The molecule has 2 aromatic carbocycles. The van der Waals surface area contributed by atoms with E-state index in [9.17, 15) is 14.4 Å². The summed E-state index contributed by atoms with van der Waals surface area (Å²) >= 11 is 0. The summed E-state index contributed by atoms with van der Waals surface area (Å²) in [6, 6.07) is 14.8. The number of likely N-dealkylation sites (N-methyl/N-ethyl adjacent to an activating group) is 1. The van der Waals surface area contributed by atoms with Crippen molar-refractivity contribution in [1.29, 1.82) is 0 Å². The second-order valence-corrected chi connectivity index (χ2v) is 9.91. The Hall–Kier alpha value is -3.98. The van der Waals surface area contributed by atoms with Crippen molar-refractivity contribution in [3.8, 4) is 0 Å². The molecule has 0 saturated heterocycles. The van der Waals surface area contributed by atoms with Crippen LogP contribution in [0.25, 0.3) is 10.9 Å². The monoisotopic (exact) mass is 502 g/mol. The quantitative estimate of drug-likeness (QED) is 0.273. The molecule has 0 fully saturated rings. The molecule has 1 unspecified atom stereocenters. The minimum Gasteiger partial charge on any atom is -0.361 e. The van der Waals surface area contributed by atoms with Crippen LogP contribution >= 0.6 is 0 Å². The van der Waals surface area contributed by atoms with Gasteiger partial charge < -0.3 is 26.3 Å². The molecule has 2 heterocycles. The zero-order valence-electron chi connectivity index (χ0n) is 21.6.